The lowest BCUT2D eigenvalue weighted by atomic mass is 9.70. The van der Waals surface area contributed by atoms with E-state index in [4.69, 9.17) is 0 Å². The molecule has 4 atom stereocenters. The zero-order valence-electron chi connectivity index (χ0n) is 12.6. The number of likely N-dealkylation sites (tertiary alicyclic amines) is 1. The minimum absolute atomic E-state index is 0.225. The molecule has 0 aromatic heterocycles. The number of hydrogen-bond acceptors (Lipinski definition) is 4. The molecule has 0 spiro atoms. The van der Waals surface area contributed by atoms with Gasteiger partial charge in [0.15, 0.2) is 0 Å². The van der Waals surface area contributed by atoms with Crippen LogP contribution in [-0.4, -0.2) is 35.6 Å². The van der Waals surface area contributed by atoms with Crippen LogP contribution in [0.5, 0.6) is 0 Å². The number of benzene rings is 1. The molecule has 23 heavy (non-hydrogen) atoms. The molecule has 118 valence electrons. The standard InChI is InChI=1S/C17H16N2O4/c1-18-14(20)10-7-12-13(8-11(10)15(18)21)17(23)19(16(12)22)9-5-3-2-4-6-9/h2-6,10-13H,7-8H2,1H3. The fourth-order valence-electron chi connectivity index (χ4n) is 4.17. The molecule has 4 amide bonds. The molecule has 3 fully saturated rings. The summed E-state index contributed by atoms with van der Waals surface area (Å²) in [6.45, 7) is 0. The lowest BCUT2D eigenvalue weighted by molar-refractivity contribution is -0.138. The Balaban J connectivity index is 1.68. The highest BCUT2D eigenvalue weighted by molar-refractivity contribution is 6.22. The first-order valence-electron chi connectivity index (χ1n) is 7.75. The molecule has 1 aromatic carbocycles. The minimum atomic E-state index is -0.493. The molecule has 1 aromatic rings. The van der Waals surface area contributed by atoms with Crippen molar-refractivity contribution < 1.29 is 19.2 Å². The van der Waals surface area contributed by atoms with Crippen molar-refractivity contribution in [3.8, 4) is 0 Å². The minimum Gasteiger partial charge on any atom is -0.285 e. The Kier molecular flexibility index (Phi) is 2.91. The molecule has 6 nitrogen and oxygen atoms in total. The summed E-state index contributed by atoms with van der Waals surface area (Å²) in [5.74, 6) is -2.85. The Morgan fingerprint density at radius 2 is 1.17 bits per heavy atom. The van der Waals surface area contributed by atoms with Crippen LogP contribution >= 0.6 is 0 Å². The molecule has 4 rings (SSSR count). The van der Waals surface area contributed by atoms with Gasteiger partial charge < -0.3 is 0 Å². The van der Waals surface area contributed by atoms with Gasteiger partial charge >= 0.3 is 0 Å². The molecule has 1 saturated carbocycles. The Bertz CT molecular complexity index is 687. The number of para-hydroxylation sites is 1. The van der Waals surface area contributed by atoms with Gasteiger partial charge in [-0.3, -0.25) is 29.0 Å². The quantitative estimate of drug-likeness (QED) is 0.720. The van der Waals surface area contributed by atoms with Crippen LogP contribution in [0.3, 0.4) is 0 Å². The van der Waals surface area contributed by atoms with Gasteiger partial charge in [0.25, 0.3) is 0 Å². The van der Waals surface area contributed by atoms with Gasteiger partial charge in [-0.15, -0.1) is 0 Å². The van der Waals surface area contributed by atoms with E-state index in [2.05, 4.69) is 0 Å². The largest absolute Gasteiger partial charge is 0.285 e. The van der Waals surface area contributed by atoms with Crippen LogP contribution in [0.25, 0.3) is 0 Å². The zero-order chi connectivity index (χ0) is 16.3. The van der Waals surface area contributed by atoms with Crippen molar-refractivity contribution >= 4 is 29.3 Å². The molecule has 0 N–H and O–H groups in total. The molecule has 0 radical (unpaired) electrons. The SMILES string of the molecule is CN1C(=O)C2CC3C(=O)N(c4ccccc4)C(=O)C3CC2C1=O. The number of anilines is 1. The summed E-state index contributed by atoms with van der Waals surface area (Å²) in [6, 6.07) is 8.80. The van der Waals surface area contributed by atoms with Crippen LogP contribution < -0.4 is 4.90 Å². The summed E-state index contributed by atoms with van der Waals surface area (Å²) >= 11 is 0. The molecular weight excluding hydrogens is 296 g/mol. The smallest absolute Gasteiger partial charge is 0.237 e. The van der Waals surface area contributed by atoms with Crippen LogP contribution in [0, 0.1) is 23.7 Å². The number of carbonyl (C=O) groups is 4. The number of amides is 4. The van der Waals surface area contributed by atoms with Crippen molar-refractivity contribution in [2.75, 3.05) is 11.9 Å². The van der Waals surface area contributed by atoms with Crippen molar-refractivity contribution in [3.05, 3.63) is 30.3 Å². The highest BCUT2D eigenvalue weighted by atomic mass is 16.2. The summed E-state index contributed by atoms with van der Waals surface area (Å²) < 4.78 is 0. The molecule has 0 bridgehead atoms. The second kappa shape index (κ2) is 4.75. The number of hydrogen-bond donors (Lipinski definition) is 0. The fourth-order valence-corrected chi connectivity index (χ4v) is 4.17. The summed E-state index contributed by atoms with van der Waals surface area (Å²) in [7, 11) is 1.47. The topological polar surface area (TPSA) is 74.8 Å². The van der Waals surface area contributed by atoms with Gasteiger partial charge in [0, 0.05) is 7.05 Å². The summed E-state index contributed by atoms with van der Waals surface area (Å²) in [6.07, 6.45) is 0.580. The first kappa shape index (κ1) is 14.1. The van der Waals surface area contributed by atoms with Crippen molar-refractivity contribution in [1.82, 2.24) is 4.90 Å². The van der Waals surface area contributed by atoms with E-state index in [1.807, 2.05) is 6.07 Å². The normalized spacial score (nSPS) is 33.3. The van der Waals surface area contributed by atoms with Gasteiger partial charge in [-0.05, 0) is 25.0 Å². The molecule has 6 heteroatoms. The van der Waals surface area contributed by atoms with E-state index in [1.54, 1.807) is 24.3 Å². The number of fused-ring (bicyclic) bond motifs is 2. The highest BCUT2D eigenvalue weighted by Crippen LogP contribution is 2.48. The molecule has 2 heterocycles. The third-order valence-corrected chi connectivity index (χ3v) is 5.37. The molecule has 4 unspecified atom stereocenters. The Labute approximate surface area is 133 Å². The van der Waals surface area contributed by atoms with Gasteiger partial charge in [0.1, 0.15) is 0 Å². The van der Waals surface area contributed by atoms with Crippen LogP contribution in [0.1, 0.15) is 12.8 Å². The van der Waals surface area contributed by atoms with Crippen LogP contribution in [0.4, 0.5) is 5.69 Å². The predicted octanol–water partition coefficient (Wildman–Crippen LogP) is 0.817. The van der Waals surface area contributed by atoms with E-state index in [0.29, 0.717) is 5.69 Å². The second-order valence-corrected chi connectivity index (χ2v) is 6.48. The van der Waals surface area contributed by atoms with Gasteiger partial charge in [0.2, 0.25) is 23.6 Å². The third-order valence-electron chi connectivity index (χ3n) is 5.37. The Morgan fingerprint density at radius 3 is 1.65 bits per heavy atom. The van der Waals surface area contributed by atoms with Gasteiger partial charge in [-0.1, -0.05) is 18.2 Å². The number of nitrogens with zero attached hydrogens (tertiary/aromatic N) is 2. The van der Waals surface area contributed by atoms with Gasteiger partial charge in [-0.25, -0.2) is 0 Å². The van der Waals surface area contributed by atoms with Gasteiger partial charge in [0.05, 0.1) is 29.4 Å². The van der Waals surface area contributed by atoms with E-state index in [-0.39, 0.29) is 36.5 Å². The van der Waals surface area contributed by atoms with Crippen LogP contribution in [-0.2, 0) is 19.2 Å². The van der Waals surface area contributed by atoms with Crippen molar-refractivity contribution in [1.29, 1.82) is 0 Å². The number of rotatable bonds is 1. The van der Waals surface area contributed by atoms with Crippen molar-refractivity contribution in [2.45, 2.75) is 12.8 Å². The van der Waals surface area contributed by atoms with E-state index in [0.717, 1.165) is 4.90 Å². The maximum atomic E-state index is 12.7. The maximum Gasteiger partial charge on any atom is 0.237 e. The summed E-state index contributed by atoms with van der Waals surface area (Å²) in [4.78, 5) is 52.1. The lowest BCUT2D eigenvalue weighted by Crippen LogP contribution is -2.35. The number of imide groups is 2. The second-order valence-electron chi connectivity index (χ2n) is 6.48. The fraction of sp³-hybridized carbons (Fsp3) is 0.412. The Hall–Kier alpha value is -2.50. The molecule has 2 aliphatic heterocycles. The first-order valence-corrected chi connectivity index (χ1v) is 7.75. The van der Waals surface area contributed by atoms with E-state index < -0.39 is 23.7 Å². The molecule has 3 aliphatic rings. The van der Waals surface area contributed by atoms with E-state index in [9.17, 15) is 19.2 Å². The lowest BCUT2D eigenvalue weighted by Gasteiger charge is -2.28. The zero-order valence-corrected chi connectivity index (χ0v) is 12.6. The highest BCUT2D eigenvalue weighted by Gasteiger charge is 2.59. The van der Waals surface area contributed by atoms with E-state index in [1.165, 1.54) is 11.9 Å². The monoisotopic (exact) mass is 312 g/mol. The third kappa shape index (κ3) is 1.81. The molecular formula is C17H16N2O4. The van der Waals surface area contributed by atoms with Crippen LogP contribution in [0.2, 0.25) is 0 Å². The average molecular weight is 312 g/mol. The summed E-state index contributed by atoms with van der Waals surface area (Å²) in [5, 5.41) is 0. The molecule has 2 saturated heterocycles. The average Bonchev–Trinajstić information content (AvgIpc) is 2.94. The maximum absolute atomic E-state index is 12.7. The first-order chi connectivity index (χ1) is 11.0. The summed E-state index contributed by atoms with van der Waals surface area (Å²) in [5.41, 5.74) is 0.553. The Morgan fingerprint density at radius 1 is 0.739 bits per heavy atom. The van der Waals surface area contributed by atoms with Crippen molar-refractivity contribution in [2.24, 2.45) is 23.7 Å². The van der Waals surface area contributed by atoms with E-state index >= 15 is 0 Å². The number of carbonyl (C=O) groups excluding carboxylic acids is 4. The van der Waals surface area contributed by atoms with Gasteiger partial charge in [-0.2, -0.15) is 0 Å². The van der Waals surface area contributed by atoms with Crippen LogP contribution in [0.15, 0.2) is 30.3 Å². The molecule has 1 aliphatic carbocycles. The predicted molar refractivity (Wildman–Crippen MR) is 79.9 cm³/mol. The van der Waals surface area contributed by atoms with Crippen molar-refractivity contribution in [3.63, 3.8) is 0 Å².